The molecule has 1 N–H and O–H groups in total. The van der Waals surface area contributed by atoms with E-state index in [2.05, 4.69) is 49.0 Å². The zero-order chi connectivity index (χ0) is 12.8. The van der Waals surface area contributed by atoms with E-state index in [0.29, 0.717) is 6.04 Å². The van der Waals surface area contributed by atoms with Crippen LogP contribution in [0, 0.1) is 13.8 Å². The molecule has 1 aromatic heterocycles. The largest absolute Gasteiger partial charge is 0.310 e. The SMILES string of the molecule is CCNC(CC)c1c(C)nn(CCSC)c1C. The molecule has 4 heteroatoms. The molecule has 1 unspecified atom stereocenters. The monoisotopic (exact) mass is 255 g/mol. The van der Waals surface area contributed by atoms with Gasteiger partial charge >= 0.3 is 0 Å². The normalized spacial score (nSPS) is 13.0. The van der Waals surface area contributed by atoms with Crippen molar-refractivity contribution in [2.24, 2.45) is 0 Å². The highest BCUT2D eigenvalue weighted by Crippen LogP contribution is 2.24. The Labute approximate surface area is 109 Å². The second-order valence-electron chi connectivity index (χ2n) is 4.32. The smallest absolute Gasteiger partial charge is 0.0644 e. The highest BCUT2D eigenvalue weighted by atomic mass is 32.2. The third-order valence-corrected chi connectivity index (χ3v) is 3.74. The Morgan fingerprint density at radius 1 is 1.35 bits per heavy atom. The zero-order valence-corrected chi connectivity index (χ0v) is 12.5. The first-order chi connectivity index (χ1) is 8.15. The van der Waals surface area contributed by atoms with Crippen LogP contribution < -0.4 is 5.32 Å². The Balaban J connectivity index is 2.94. The third-order valence-electron chi connectivity index (χ3n) is 3.15. The molecule has 0 saturated heterocycles. The summed E-state index contributed by atoms with van der Waals surface area (Å²) in [6.07, 6.45) is 3.25. The van der Waals surface area contributed by atoms with Gasteiger partial charge in [-0.1, -0.05) is 13.8 Å². The van der Waals surface area contributed by atoms with E-state index in [9.17, 15) is 0 Å². The minimum Gasteiger partial charge on any atom is -0.310 e. The fourth-order valence-electron chi connectivity index (χ4n) is 2.31. The second kappa shape index (κ2) is 7.07. The van der Waals surface area contributed by atoms with Crippen LogP contribution in [0.5, 0.6) is 0 Å². The van der Waals surface area contributed by atoms with Crippen molar-refractivity contribution in [3.63, 3.8) is 0 Å². The maximum absolute atomic E-state index is 4.66. The van der Waals surface area contributed by atoms with Gasteiger partial charge in [-0.05, 0) is 33.1 Å². The van der Waals surface area contributed by atoms with Crippen LogP contribution in [0.2, 0.25) is 0 Å². The first-order valence-corrected chi connectivity index (χ1v) is 7.81. The Morgan fingerprint density at radius 2 is 2.06 bits per heavy atom. The average Bonchev–Trinajstić information content (AvgIpc) is 2.59. The van der Waals surface area contributed by atoms with E-state index in [4.69, 9.17) is 0 Å². The van der Waals surface area contributed by atoms with Crippen molar-refractivity contribution in [3.05, 3.63) is 17.0 Å². The molecule has 0 aromatic carbocycles. The highest BCUT2D eigenvalue weighted by Gasteiger charge is 2.18. The summed E-state index contributed by atoms with van der Waals surface area (Å²) in [7, 11) is 0. The van der Waals surface area contributed by atoms with Crippen molar-refractivity contribution in [1.82, 2.24) is 15.1 Å². The average molecular weight is 255 g/mol. The van der Waals surface area contributed by atoms with Crippen LogP contribution in [-0.2, 0) is 6.54 Å². The number of nitrogens with zero attached hydrogens (tertiary/aromatic N) is 2. The van der Waals surface area contributed by atoms with E-state index in [-0.39, 0.29) is 0 Å². The number of aromatic nitrogens is 2. The summed E-state index contributed by atoms with van der Waals surface area (Å²) in [6.45, 7) is 10.7. The zero-order valence-electron chi connectivity index (χ0n) is 11.7. The minimum atomic E-state index is 0.447. The van der Waals surface area contributed by atoms with Crippen LogP contribution in [0.25, 0.3) is 0 Å². The molecule has 1 rings (SSSR count). The van der Waals surface area contributed by atoms with E-state index < -0.39 is 0 Å². The number of rotatable bonds is 7. The Hall–Kier alpha value is -0.480. The summed E-state index contributed by atoms with van der Waals surface area (Å²) in [4.78, 5) is 0. The molecular weight excluding hydrogens is 230 g/mol. The van der Waals surface area contributed by atoms with Crippen molar-refractivity contribution in [2.45, 2.75) is 46.7 Å². The lowest BCUT2D eigenvalue weighted by Gasteiger charge is -2.16. The van der Waals surface area contributed by atoms with Crippen molar-refractivity contribution >= 4 is 11.8 Å². The molecule has 0 aliphatic carbocycles. The molecule has 0 amide bonds. The molecule has 0 fully saturated rings. The fraction of sp³-hybridized carbons (Fsp3) is 0.769. The molecule has 17 heavy (non-hydrogen) atoms. The Morgan fingerprint density at radius 3 is 2.59 bits per heavy atom. The molecule has 1 heterocycles. The third kappa shape index (κ3) is 3.49. The van der Waals surface area contributed by atoms with E-state index >= 15 is 0 Å². The molecule has 0 spiro atoms. The van der Waals surface area contributed by atoms with Crippen LogP contribution in [0.1, 0.15) is 43.3 Å². The molecule has 1 atom stereocenters. The van der Waals surface area contributed by atoms with E-state index in [0.717, 1.165) is 25.3 Å². The van der Waals surface area contributed by atoms with Gasteiger partial charge in [-0.3, -0.25) is 4.68 Å². The number of hydrogen-bond donors (Lipinski definition) is 1. The van der Waals surface area contributed by atoms with Crippen molar-refractivity contribution < 1.29 is 0 Å². The molecule has 0 saturated carbocycles. The maximum atomic E-state index is 4.66. The summed E-state index contributed by atoms with van der Waals surface area (Å²) in [6, 6.07) is 0.447. The van der Waals surface area contributed by atoms with E-state index in [1.54, 1.807) is 0 Å². The molecule has 0 radical (unpaired) electrons. The van der Waals surface area contributed by atoms with Crippen LogP contribution in [0.4, 0.5) is 0 Å². The predicted molar refractivity (Wildman–Crippen MR) is 76.8 cm³/mol. The van der Waals surface area contributed by atoms with Crippen molar-refractivity contribution in [2.75, 3.05) is 18.6 Å². The molecular formula is C13H25N3S. The molecule has 0 bridgehead atoms. The quantitative estimate of drug-likeness (QED) is 0.812. The summed E-state index contributed by atoms with van der Waals surface area (Å²) in [5.74, 6) is 1.12. The van der Waals surface area contributed by atoms with E-state index in [1.807, 2.05) is 11.8 Å². The van der Waals surface area contributed by atoms with Gasteiger partial charge in [0.15, 0.2) is 0 Å². The van der Waals surface area contributed by atoms with Gasteiger partial charge in [0, 0.05) is 23.1 Å². The summed E-state index contributed by atoms with van der Waals surface area (Å²) < 4.78 is 2.15. The lowest BCUT2D eigenvalue weighted by atomic mass is 10.0. The van der Waals surface area contributed by atoms with Gasteiger partial charge in [0.2, 0.25) is 0 Å². The van der Waals surface area contributed by atoms with Gasteiger partial charge in [0.05, 0.1) is 12.2 Å². The van der Waals surface area contributed by atoms with Gasteiger partial charge in [0.1, 0.15) is 0 Å². The Bertz CT molecular complexity index is 347. The highest BCUT2D eigenvalue weighted by molar-refractivity contribution is 7.98. The molecule has 1 aromatic rings. The van der Waals surface area contributed by atoms with Gasteiger partial charge < -0.3 is 5.32 Å². The fourth-order valence-corrected chi connectivity index (χ4v) is 2.66. The van der Waals surface area contributed by atoms with Crippen LogP contribution in [0.15, 0.2) is 0 Å². The van der Waals surface area contributed by atoms with Crippen LogP contribution in [-0.4, -0.2) is 28.3 Å². The molecule has 0 aliphatic heterocycles. The summed E-state index contributed by atoms with van der Waals surface area (Å²) in [5.41, 5.74) is 3.90. The molecule has 98 valence electrons. The number of aryl methyl sites for hydroxylation is 2. The standard InChI is InChI=1S/C13H25N3S/c1-6-12(14-7-2)13-10(3)15-16(11(13)4)8-9-17-5/h12,14H,6-9H2,1-5H3. The summed E-state index contributed by atoms with van der Waals surface area (Å²) >= 11 is 1.87. The number of thioether (sulfide) groups is 1. The lowest BCUT2D eigenvalue weighted by Crippen LogP contribution is -2.21. The lowest BCUT2D eigenvalue weighted by molar-refractivity contribution is 0.531. The summed E-state index contributed by atoms with van der Waals surface area (Å²) in [5, 5.41) is 8.20. The van der Waals surface area contributed by atoms with E-state index in [1.165, 1.54) is 17.0 Å². The van der Waals surface area contributed by atoms with Gasteiger partial charge in [0.25, 0.3) is 0 Å². The van der Waals surface area contributed by atoms with Gasteiger partial charge in [-0.25, -0.2) is 0 Å². The maximum Gasteiger partial charge on any atom is 0.0644 e. The number of nitrogens with one attached hydrogen (secondary N) is 1. The molecule has 0 aliphatic rings. The number of hydrogen-bond acceptors (Lipinski definition) is 3. The topological polar surface area (TPSA) is 29.9 Å². The van der Waals surface area contributed by atoms with Gasteiger partial charge in [-0.2, -0.15) is 16.9 Å². The van der Waals surface area contributed by atoms with Crippen molar-refractivity contribution in [1.29, 1.82) is 0 Å². The first kappa shape index (κ1) is 14.6. The first-order valence-electron chi connectivity index (χ1n) is 6.41. The van der Waals surface area contributed by atoms with Crippen LogP contribution >= 0.6 is 11.8 Å². The molecule has 3 nitrogen and oxygen atoms in total. The minimum absolute atomic E-state index is 0.447. The Kier molecular flexibility index (Phi) is 6.06. The predicted octanol–water partition coefficient (Wildman–Crippen LogP) is 2.92. The van der Waals surface area contributed by atoms with Crippen molar-refractivity contribution in [3.8, 4) is 0 Å². The van der Waals surface area contributed by atoms with Gasteiger partial charge in [-0.15, -0.1) is 0 Å². The van der Waals surface area contributed by atoms with Crippen LogP contribution in [0.3, 0.4) is 0 Å². The second-order valence-corrected chi connectivity index (χ2v) is 5.30.